The number of pyridine rings is 1. The van der Waals surface area contributed by atoms with Crippen LogP contribution in [0.1, 0.15) is 28.2 Å². The van der Waals surface area contributed by atoms with Crippen LogP contribution in [-0.4, -0.2) is 16.1 Å². The summed E-state index contributed by atoms with van der Waals surface area (Å²) in [4.78, 5) is 14.3. The van der Waals surface area contributed by atoms with Crippen LogP contribution < -0.4 is 0 Å². The number of aromatic nitrogens is 1. The molecule has 76 valence electrons. The quantitative estimate of drug-likeness (QED) is 0.854. The molecule has 1 aromatic rings. The van der Waals surface area contributed by atoms with E-state index < -0.39 is 18.1 Å². The summed E-state index contributed by atoms with van der Waals surface area (Å²) in [7, 11) is 0. The largest absolute Gasteiger partial charge is 0.478 e. The Morgan fingerprint density at radius 2 is 2.21 bits per heavy atom. The Labute approximate surface area is 92.3 Å². The van der Waals surface area contributed by atoms with Crippen molar-refractivity contribution in [3.8, 4) is 0 Å². The van der Waals surface area contributed by atoms with Gasteiger partial charge in [-0.15, -0.1) is 0 Å². The molecule has 0 saturated heterocycles. The summed E-state index contributed by atoms with van der Waals surface area (Å²) in [5, 5.41) is 8.72. The fraction of sp³-hybridized carbons (Fsp3) is 0.250. The summed E-state index contributed by atoms with van der Waals surface area (Å²) in [6.07, 6.45) is -2.75. The van der Waals surface area contributed by atoms with Gasteiger partial charge in [-0.05, 0) is 35.6 Å². The molecule has 0 atom stereocenters. The minimum Gasteiger partial charge on any atom is -0.478 e. The van der Waals surface area contributed by atoms with Crippen LogP contribution in [0.2, 0.25) is 0 Å². The first-order valence-electron chi connectivity index (χ1n) is 3.62. The number of halogens is 3. The van der Waals surface area contributed by atoms with E-state index in [9.17, 15) is 13.6 Å². The van der Waals surface area contributed by atoms with Crippen LogP contribution in [-0.2, 0) is 0 Å². The Kier molecular flexibility index (Phi) is 3.35. The van der Waals surface area contributed by atoms with E-state index in [-0.39, 0.29) is 5.56 Å². The highest BCUT2D eigenvalue weighted by atomic mass is 127. The fourth-order valence-electron chi connectivity index (χ4n) is 0.949. The standard InChI is InChI=1S/C8H6F2INO2/c1-3-6(11)4(8(13)14)2-5(12-3)7(9)10/h2,7H,1H3,(H,13,14). The molecule has 0 amide bonds. The first-order valence-corrected chi connectivity index (χ1v) is 4.70. The molecule has 0 saturated carbocycles. The second kappa shape index (κ2) is 4.16. The molecule has 6 heteroatoms. The molecule has 0 bridgehead atoms. The van der Waals surface area contributed by atoms with E-state index >= 15 is 0 Å². The van der Waals surface area contributed by atoms with Crippen molar-refractivity contribution in [2.75, 3.05) is 0 Å². The molecule has 1 rings (SSSR count). The van der Waals surface area contributed by atoms with Gasteiger partial charge in [0.2, 0.25) is 0 Å². The predicted octanol–water partition coefficient (Wildman–Crippen LogP) is 2.63. The molecule has 0 aliphatic heterocycles. The molecule has 0 radical (unpaired) electrons. The first-order chi connectivity index (χ1) is 6.43. The average Bonchev–Trinajstić information content (AvgIpc) is 2.08. The van der Waals surface area contributed by atoms with Crippen molar-refractivity contribution in [2.45, 2.75) is 13.3 Å². The Morgan fingerprint density at radius 1 is 1.64 bits per heavy atom. The van der Waals surface area contributed by atoms with Gasteiger partial charge >= 0.3 is 5.97 Å². The molecule has 0 aromatic carbocycles. The molecule has 0 spiro atoms. The molecule has 0 fully saturated rings. The molecule has 14 heavy (non-hydrogen) atoms. The van der Waals surface area contributed by atoms with E-state index in [0.29, 0.717) is 9.26 Å². The van der Waals surface area contributed by atoms with E-state index in [1.54, 1.807) is 22.6 Å². The highest BCUT2D eigenvalue weighted by Gasteiger charge is 2.17. The van der Waals surface area contributed by atoms with E-state index in [1.165, 1.54) is 6.92 Å². The van der Waals surface area contributed by atoms with E-state index in [4.69, 9.17) is 5.11 Å². The average molecular weight is 313 g/mol. The van der Waals surface area contributed by atoms with E-state index in [1.807, 2.05) is 0 Å². The molecule has 0 aliphatic rings. The lowest BCUT2D eigenvalue weighted by Gasteiger charge is -2.06. The van der Waals surface area contributed by atoms with Crippen LogP contribution in [0.5, 0.6) is 0 Å². The van der Waals surface area contributed by atoms with Crippen LogP contribution >= 0.6 is 22.6 Å². The van der Waals surface area contributed by atoms with Crippen LogP contribution in [0, 0.1) is 10.5 Å². The molecule has 1 aromatic heterocycles. The SMILES string of the molecule is Cc1nc(C(F)F)cc(C(=O)O)c1I. The predicted molar refractivity (Wildman–Crippen MR) is 53.6 cm³/mol. The first kappa shape index (κ1) is 11.3. The normalized spacial score (nSPS) is 10.6. The lowest BCUT2D eigenvalue weighted by atomic mass is 10.2. The zero-order valence-corrected chi connectivity index (χ0v) is 9.25. The molecule has 1 heterocycles. The topological polar surface area (TPSA) is 50.2 Å². The number of carboxylic acids is 1. The van der Waals surface area contributed by atoms with E-state index in [2.05, 4.69) is 4.98 Å². The molecule has 0 aliphatic carbocycles. The molecular formula is C8H6F2INO2. The number of hydrogen-bond acceptors (Lipinski definition) is 2. The van der Waals surface area contributed by atoms with Gasteiger partial charge in [0.15, 0.2) is 0 Å². The van der Waals surface area contributed by atoms with Crippen LogP contribution in [0.25, 0.3) is 0 Å². The van der Waals surface area contributed by atoms with E-state index in [0.717, 1.165) is 6.07 Å². The van der Waals surface area contributed by atoms with Crippen molar-refractivity contribution < 1.29 is 18.7 Å². The summed E-state index contributed by atoms with van der Waals surface area (Å²) in [5.74, 6) is -1.22. The molecule has 0 unspecified atom stereocenters. The molecular weight excluding hydrogens is 307 g/mol. The third-order valence-electron chi connectivity index (χ3n) is 1.60. The monoisotopic (exact) mass is 313 g/mol. The van der Waals surface area contributed by atoms with Gasteiger partial charge in [-0.3, -0.25) is 4.98 Å². The van der Waals surface area contributed by atoms with Crippen LogP contribution in [0.3, 0.4) is 0 Å². The number of hydrogen-bond donors (Lipinski definition) is 1. The van der Waals surface area contributed by atoms with Crippen molar-refractivity contribution in [3.63, 3.8) is 0 Å². The Bertz CT molecular complexity index is 382. The van der Waals surface area contributed by atoms with Gasteiger partial charge in [0.1, 0.15) is 5.69 Å². The van der Waals surface area contributed by atoms with Crippen LogP contribution in [0.15, 0.2) is 6.07 Å². The zero-order valence-electron chi connectivity index (χ0n) is 7.09. The van der Waals surface area contributed by atoms with Gasteiger partial charge in [0.25, 0.3) is 6.43 Å². The summed E-state index contributed by atoms with van der Waals surface area (Å²) in [5.41, 5.74) is -0.325. The second-order valence-corrected chi connectivity index (χ2v) is 3.68. The maximum atomic E-state index is 12.3. The van der Waals surface area contributed by atoms with Crippen LogP contribution in [0.4, 0.5) is 8.78 Å². The van der Waals surface area contributed by atoms with Crippen molar-refractivity contribution in [2.24, 2.45) is 0 Å². The number of nitrogens with zero attached hydrogens (tertiary/aromatic N) is 1. The Morgan fingerprint density at radius 3 is 2.64 bits per heavy atom. The molecule has 3 nitrogen and oxygen atoms in total. The number of aryl methyl sites for hydroxylation is 1. The summed E-state index contributed by atoms with van der Waals surface area (Å²) in [6, 6.07) is 0.905. The fourth-order valence-corrected chi connectivity index (χ4v) is 1.46. The lowest BCUT2D eigenvalue weighted by Crippen LogP contribution is -2.06. The number of rotatable bonds is 2. The highest BCUT2D eigenvalue weighted by molar-refractivity contribution is 14.1. The number of aromatic carboxylic acids is 1. The van der Waals surface area contributed by atoms with Crippen molar-refractivity contribution in [1.29, 1.82) is 0 Å². The minimum atomic E-state index is -2.75. The van der Waals surface area contributed by atoms with Gasteiger partial charge in [0, 0.05) is 3.57 Å². The summed E-state index contributed by atoms with van der Waals surface area (Å²) < 4.78 is 24.9. The Hall–Kier alpha value is -0.790. The maximum absolute atomic E-state index is 12.3. The number of carboxylic acid groups (broad SMARTS) is 1. The minimum absolute atomic E-state index is 0.131. The Balaban J connectivity index is 3.35. The van der Waals surface area contributed by atoms with Crippen molar-refractivity contribution >= 4 is 28.6 Å². The van der Waals surface area contributed by atoms with Gasteiger partial charge < -0.3 is 5.11 Å². The van der Waals surface area contributed by atoms with Gasteiger partial charge in [-0.25, -0.2) is 13.6 Å². The summed E-state index contributed by atoms with van der Waals surface area (Å²) in [6.45, 7) is 1.50. The van der Waals surface area contributed by atoms with Crippen molar-refractivity contribution in [1.82, 2.24) is 4.98 Å². The number of carbonyl (C=O) groups is 1. The van der Waals surface area contributed by atoms with Gasteiger partial charge in [-0.1, -0.05) is 0 Å². The third-order valence-corrected chi connectivity index (χ3v) is 2.96. The lowest BCUT2D eigenvalue weighted by molar-refractivity contribution is 0.0694. The van der Waals surface area contributed by atoms with Gasteiger partial charge in [-0.2, -0.15) is 0 Å². The maximum Gasteiger partial charge on any atom is 0.336 e. The zero-order chi connectivity index (χ0) is 10.9. The van der Waals surface area contributed by atoms with Crippen molar-refractivity contribution in [3.05, 3.63) is 26.6 Å². The third kappa shape index (κ3) is 2.17. The van der Waals surface area contributed by atoms with Gasteiger partial charge in [0.05, 0.1) is 11.3 Å². The number of alkyl halides is 2. The second-order valence-electron chi connectivity index (χ2n) is 2.60. The smallest absolute Gasteiger partial charge is 0.336 e. The molecule has 1 N–H and O–H groups in total. The summed E-state index contributed by atoms with van der Waals surface area (Å²) >= 11 is 1.77. The highest BCUT2D eigenvalue weighted by Crippen LogP contribution is 2.22.